The summed E-state index contributed by atoms with van der Waals surface area (Å²) in [5, 5.41) is 0. The summed E-state index contributed by atoms with van der Waals surface area (Å²) in [6.07, 6.45) is 6.11. The number of hydrogen-bond acceptors (Lipinski definition) is 4. The first-order chi connectivity index (χ1) is 12.6. The topological polar surface area (TPSA) is 56.6 Å². The number of likely N-dealkylation sites (tertiary alicyclic amines) is 1. The first-order valence-electron chi connectivity index (χ1n) is 9.22. The van der Waals surface area contributed by atoms with Crippen LogP contribution < -0.4 is 9.47 Å². The van der Waals surface area contributed by atoms with Crippen molar-refractivity contribution in [2.45, 2.75) is 46.2 Å². The van der Waals surface area contributed by atoms with Gasteiger partial charge in [0.15, 0.2) is 11.5 Å². The monoisotopic (exact) mass is 355 g/mol. The van der Waals surface area contributed by atoms with Gasteiger partial charge >= 0.3 is 0 Å². The molecule has 2 aliphatic heterocycles. The minimum absolute atomic E-state index is 0.0542. The second-order valence-corrected chi connectivity index (χ2v) is 7.60. The van der Waals surface area contributed by atoms with Crippen molar-refractivity contribution in [1.82, 2.24) is 14.5 Å². The number of carbonyl (C=O) groups excluding carboxylic acids is 1. The molecule has 6 heteroatoms. The highest BCUT2D eigenvalue weighted by Crippen LogP contribution is 2.38. The molecule has 1 atom stereocenters. The van der Waals surface area contributed by atoms with E-state index in [-0.39, 0.29) is 11.3 Å². The molecule has 2 aromatic rings. The fourth-order valence-electron chi connectivity index (χ4n) is 3.99. The lowest BCUT2D eigenvalue weighted by atomic mass is 9.76. The van der Waals surface area contributed by atoms with Gasteiger partial charge in [0.05, 0.1) is 18.6 Å². The van der Waals surface area contributed by atoms with Gasteiger partial charge in [0.1, 0.15) is 0 Å². The van der Waals surface area contributed by atoms with Gasteiger partial charge in [0.25, 0.3) is 0 Å². The van der Waals surface area contributed by atoms with E-state index in [0.29, 0.717) is 19.8 Å². The van der Waals surface area contributed by atoms with E-state index in [4.69, 9.17) is 9.47 Å². The van der Waals surface area contributed by atoms with E-state index in [1.54, 1.807) is 0 Å². The van der Waals surface area contributed by atoms with Crippen LogP contribution in [0.5, 0.6) is 11.5 Å². The van der Waals surface area contributed by atoms with Crippen LogP contribution in [0.4, 0.5) is 0 Å². The summed E-state index contributed by atoms with van der Waals surface area (Å²) in [5.74, 6) is 1.87. The molecule has 0 spiro atoms. The molecule has 6 nitrogen and oxygen atoms in total. The molecule has 0 radical (unpaired) electrons. The van der Waals surface area contributed by atoms with Gasteiger partial charge in [-0.05, 0) is 42.9 Å². The number of rotatable bonds is 5. The molecule has 4 rings (SSSR count). The molecule has 0 N–H and O–H groups in total. The number of aryl methyl sites for hydroxylation is 1. The molecule has 0 unspecified atom stereocenters. The standard InChI is InChI=1S/C20H25N3O3/c1-3-22-13-21-10-16(22)11-23-12-20(2,7-6-19(23)24)9-15-4-5-17-18(8-15)26-14-25-17/h4-5,8,10,13H,3,6-7,9,11-12,14H2,1-2H3/t20-/m1/s1. The molecule has 1 aromatic heterocycles. The van der Waals surface area contributed by atoms with E-state index >= 15 is 0 Å². The number of nitrogens with zero attached hydrogens (tertiary/aromatic N) is 3. The first-order valence-corrected chi connectivity index (χ1v) is 9.22. The van der Waals surface area contributed by atoms with Crippen molar-refractivity contribution in [3.05, 3.63) is 42.0 Å². The molecule has 0 bridgehead atoms. The summed E-state index contributed by atoms with van der Waals surface area (Å²) in [6, 6.07) is 6.15. The molecule has 1 aromatic carbocycles. The maximum Gasteiger partial charge on any atom is 0.231 e. The lowest BCUT2D eigenvalue weighted by Crippen LogP contribution is -2.45. The Bertz CT molecular complexity index is 816. The van der Waals surface area contributed by atoms with Crippen LogP contribution in [0.3, 0.4) is 0 Å². The van der Waals surface area contributed by atoms with Crippen molar-refractivity contribution in [1.29, 1.82) is 0 Å². The molecule has 26 heavy (non-hydrogen) atoms. The lowest BCUT2D eigenvalue weighted by Gasteiger charge is -2.40. The molecule has 1 fully saturated rings. The van der Waals surface area contributed by atoms with E-state index in [9.17, 15) is 4.79 Å². The highest BCUT2D eigenvalue weighted by Gasteiger charge is 2.35. The molecule has 1 saturated heterocycles. The molecule has 0 aliphatic carbocycles. The van der Waals surface area contributed by atoms with Gasteiger partial charge in [-0.2, -0.15) is 0 Å². The van der Waals surface area contributed by atoms with Crippen LogP contribution in [0.25, 0.3) is 0 Å². The number of hydrogen-bond donors (Lipinski definition) is 0. The quantitative estimate of drug-likeness (QED) is 0.827. The Morgan fingerprint density at radius 3 is 2.96 bits per heavy atom. The Morgan fingerprint density at radius 1 is 1.27 bits per heavy atom. The molecule has 3 heterocycles. The minimum atomic E-state index is 0.0542. The van der Waals surface area contributed by atoms with E-state index in [1.165, 1.54) is 5.56 Å². The molecule has 2 aliphatic rings. The van der Waals surface area contributed by atoms with E-state index in [1.807, 2.05) is 23.5 Å². The third-order valence-electron chi connectivity index (χ3n) is 5.43. The number of piperidine rings is 1. The predicted octanol–water partition coefficient (Wildman–Crippen LogP) is 3.00. The SMILES string of the molecule is CCn1cncc1CN1C[C@@](C)(Cc2ccc3c(c2)OCO3)CCC1=O. The first kappa shape index (κ1) is 16.9. The summed E-state index contributed by atoms with van der Waals surface area (Å²) in [4.78, 5) is 18.7. The Labute approximate surface area is 153 Å². The molecular formula is C20H25N3O3. The maximum absolute atomic E-state index is 12.5. The number of fused-ring (bicyclic) bond motifs is 1. The fraction of sp³-hybridized carbons (Fsp3) is 0.500. The van der Waals surface area contributed by atoms with E-state index in [0.717, 1.165) is 43.1 Å². The fourth-order valence-corrected chi connectivity index (χ4v) is 3.99. The van der Waals surface area contributed by atoms with Crippen molar-refractivity contribution in [2.75, 3.05) is 13.3 Å². The Hall–Kier alpha value is -2.50. The average molecular weight is 355 g/mol. The number of benzene rings is 1. The van der Waals surface area contributed by atoms with Crippen LogP contribution in [0.2, 0.25) is 0 Å². The van der Waals surface area contributed by atoms with Crippen LogP contribution in [0.15, 0.2) is 30.7 Å². The van der Waals surface area contributed by atoms with Crippen LogP contribution in [-0.4, -0.2) is 33.7 Å². The van der Waals surface area contributed by atoms with Gasteiger partial charge < -0.3 is 18.9 Å². The van der Waals surface area contributed by atoms with Crippen LogP contribution in [0.1, 0.15) is 37.9 Å². The summed E-state index contributed by atoms with van der Waals surface area (Å²) < 4.78 is 13.0. The second-order valence-electron chi connectivity index (χ2n) is 7.60. The van der Waals surface area contributed by atoms with Gasteiger partial charge in [0.2, 0.25) is 12.7 Å². The molecule has 1 amide bonds. The third-order valence-corrected chi connectivity index (χ3v) is 5.43. The van der Waals surface area contributed by atoms with Gasteiger partial charge in [-0.25, -0.2) is 4.98 Å². The summed E-state index contributed by atoms with van der Waals surface area (Å²) in [7, 11) is 0. The lowest BCUT2D eigenvalue weighted by molar-refractivity contribution is -0.138. The summed E-state index contributed by atoms with van der Waals surface area (Å²) >= 11 is 0. The van der Waals surface area contributed by atoms with Crippen LogP contribution >= 0.6 is 0 Å². The maximum atomic E-state index is 12.5. The molecular weight excluding hydrogens is 330 g/mol. The highest BCUT2D eigenvalue weighted by atomic mass is 16.7. The van der Waals surface area contributed by atoms with Crippen molar-refractivity contribution in [2.24, 2.45) is 5.41 Å². The van der Waals surface area contributed by atoms with E-state index in [2.05, 4.69) is 35.5 Å². The zero-order valence-electron chi connectivity index (χ0n) is 15.4. The largest absolute Gasteiger partial charge is 0.454 e. The second kappa shape index (κ2) is 6.67. The number of carbonyl (C=O) groups is 1. The molecule has 0 saturated carbocycles. The van der Waals surface area contributed by atoms with Crippen molar-refractivity contribution in [3.8, 4) is 11.5 Å². The van der Waals surface area contributed by atoms with E-state index < -0.39 is 0 Å². The number of imidazole rings is 1. The Morgan fingerprint density at radius 2 is 2.12 bits per heavy atom. The zero-order chi connectivity index (χ0) is 18.1. The normalized spacial score (nSPS) is 22.1. The molecule has 138 valence electrons. The zero-order valence-corrected chi connectivity index (χ0v) is 15.4. The predicted molar refractivity (Wildman–Crippen MR) is 96.9 cm³/mol. The van der Waals surface area contributed by atoms with Crippen molar-refractivity contribution in [3.63, 3.8) is 0 Å². The number of ether oxygens (including phenoxy) is 2. The van der Waals surface area contributed by atoms with Gasteiger partial charge in [-0.1, -0.05) is 13.0 Å². The van der Waals surface area contributed by atoms with Gasteiger partial charge in [0, 0.05) is 25.7 Å². The Kier molecular flexibility index (Phi) is 4.34. The minimum Gasteiger partial charge on any atom is -0.454 e. The summed E-state index contributed by atoms with van der Waals surface area (Å²) in [5.41, 5.74) is 2.37. The number of amides is 1. The van der Waals surface area contributed by atoms with Gasteiger partial charge in [-0.15, -0.1) is 0 Å². The summed E-state index contributed by atoms with van der Waals surface area (Å²) in [6.45, 7) is 6.91. The highest BCUT2D eigenvalue weighted by molar-refractivity contribution is 5.77. The van der Waals surface area contributed by atoms with Crippen molar-refractivity contribution < 1.29 is 14.3 Å². The number of aromatic nitrogens is 2. The smallest absolute Gasteiger partial charge is 0.231 e. The van der Waals surface area contributed by atoms with Crippen LogP contribution in [0, 0.1) is 5.41 Å². The van der Waals surface area contributed by atoms with Crippen molar-refractivity contribution >= 4 is 5.91 Å². The Balaban J connectivity index is 1.48. The third kappa shape index (κ3) is 3.28. The van der Waals surface area contributed by atoms with Gasteiger partial charge in [-0.3, -0.25) is 4.79 Å². The van der Waals surface area contributed by atoms with Crippen LogP contribution in [-0.2, 0) is 24.3 Å². The average Bonchev–Trinajstić information content (AvgIpc) is 3.26.